The van der Waals surface area contributed by atoms with E-state index in [0.29, 0.717) is 46.9 Å². The Labute approximate surface area is 179 Å². The Hall–Kier alpha value is -3.06. The third-order valence-electron chi connectivity index (χ3n) is 5.21. The molecule has 1 aliphatic rings. The van der Waals surface area contributed by atoms with Gasteiger partial charge >= 0.3 is 0 Å². The molecule has 1 amide bonds. The molecule has 0 bridgehead atoms. The zero-order valence-electron chi connectivity index (χ0n) is 16.8. The summed E-state index contributed by atoms with van der Waals surface area (Å²) in [7, 11) is 3.17. The van der Waals surface area contributed by atoms with Gasteiger partial charge in [-0.05, 0) is 49.2 Å². The van der Waals surface area contributed by atoms with Crippen LogP contribution in [0, 0.1) is 0 Å². The lowest BCUT2D eigenvalue weighted by molar-refractivity contribution is 0.0695. The number of benzene rings is 2. The molecular formula is C22H22ClN3O4. The summed E-state index contributed by atoms with van der Waals surface area (Å²) in [6.45, 7) is 1.22. The van der Waals surface area contributed by atoms with Crippen molar-refractivity contribution in [2.24, 2.45) is 0 Å². The van der Waals surface area contributed by atoms with E-state index in [1.807, 2.05) is 17.0 Å². The van der Waals surface area contributed by atoms with Gasteiger partial charge in [-0.2, -0.15) is 4.98 Å². The monoisotopic (exact) mass is 427 g/mol. The largest absolute Gasteiger partial charge is 0.493 e. The first-order valence-corrected chi connectivity index (χ1v) is 10.1. The van der Waals surface area contributed by atoms with Gasteiger partial charge in [0, 0.05) is 29.2 Å². The number of nitrogens with zero attached hydrogens (tertiary/aromatic N) is 3. The standard InChI is InChI=1S/C22H22ClN3O4/c1-28-18-9-8-14(12-19(18)29-2)20-24-21(30-25-20)16-6-4-10-26(13-16)22(27)15-5-3-7-17(23)11-15/h3,5,7-9,11-12,16H,4,6,10,13H2,1-2H3/t16-/m1/s1. The Morgan fingerprint density at radius 2 is 2.00 bits per heavy atom. The zero-order chi connectivity index (χ0) is 21.1. The van der Waals surface area contributed by atoms with Crippen LogP contribution < -0.4 is 9.47 Å². The molecule has 2 heterocycles. The van der Waals surface area contributed by atoms with E-state index < -0.39 is 0 Å². The minimum Gasteiger partial charge on any atom is -0.493 e. The summed E-state index contributed by atoms with van der Waals surface area (Å²) in [6.07, 6.45) is 1.75. The van der Waals surface area contributed by atoms with Crippen molar-refractivity contribution in [1.29, 1.82) is 0 Å². The number of hydrogen-bond acceptors (Lipinski definition) is 6. The van der Waals surface area contributed by atoms with Gasteiger partial charge in [0.1, 0.15) is 0 Å². The highest BCUT2D eigenvalue weighted by atomic mass is 35.5. The molecule has 1 aromatic heterocycles. The summed E-state index contributed by atoms with van der Waals surface area (Å²) in [5, 5.41) is 4.68. The van der Waals surface area contributed by atoms with Gasteiger partial charge in [0.2, 0.25) is 11.7 Å². The second kappa shape index (κ2) is 8.75. The van der Waals surface area contributed by atoms with Crippen LogP contribution in [0.25, 0.3) is 11.4 Å². The van der Waals surface area contributed by atoms with E-state index in [0.717, 1.165) is 18.4 Å². The number of ether oxygens (including phenoxy) is 2. The van der Waals surface area contributed by atoms with Crippen molar-refractivity contribution < 1.29 is 18.8 Å². The van der Waals surface area contributed by atoms with Crippen molar-refractivity contribution in [3.8, 4) is 22.9 Å². The van der Waals surface area contributed by atoms with E-state index in [9.17, 15) is 4.79 Å². The van der Waals surface area contributed by atoms with E-state index in [2.05, 4.69) is 10.1 Å². The van der Waals surface area contributed by atoms with Crippen molar-refractivity contribution in [3.05, 3.63) is 58.9 Å². The van der Waals surface area contributed by atoms with Crippen LogP contribution in [0.1, 0.15) is 35.0 Å². The molecule has 1 saturated heterocycles. The second-order valence-electron chi connectivity index (χ2n) is 7.13. The highest BCUT2D eigenvalue weighted by molar-refractivity contribution is 6.30. The number of carbonyl (C=O) groups excluding carboxylic acids is 1. The maximum Gasteiger partial charge on any atom is 0.253 e. The number of likely N-dealkylation sites (tertiary alicyclic amines) is 1. The molecule has 3 aromatic rings. The summed E-state index contributed by atoms with van der Waals surface area (Å²) < 4.78 is 16.2. The topological polar surface area (TPSA) is 77.7 Å². The fourth-order valence-corrected chi connectivity index (χ4v) is 3.85. The molecule has 1 aliphatic heterocycles. The number of piperidine rings is 1. The molecule has 0 unspecified atom stereocenters. The Morgan fingerprint density at radius 3 is 2.77 bits per heavy atom. The summed E-state index contributed by atoms with van der Waals surface area (Å²) in [5.74, 6) is 2.18. The molecule has 0 spiro atoms. The maximum absolute atomic E-state index is 12.9. The molecule has 0 N–H and O–H groups in total. The van der Waals surface area contributed by atoms with Crippen LogP contribution in [0.2, 0.25) is 5.02 Å². The number of carbonyl (C=O) groups is 1. The lowest BCUT2D eigenvalue weighted by Crippen LogP contribution is -2.39. The molecule has 7 nitrogen and oxygen atoms in total. The quantitative estimate of drug-likeness (QED) is 0.599. The maximum atomic E-state index is 12.9. The van der Waals surface area contributed by atoms with E-state index >= 15 is 0 Å². The summed E-state index contributed by atoms with van der Waals surface area (Å²) >= 11 is 6.03. The average molecular weight is 428 g/mol. The molecule has 0 radical (unpaired) electrons. The second-order valence-corrected chi connectivity index (χ2v) is 7.56. The fraction of sp³-hybridized carbons (Fsp3) is 0.318. The molecule has 1 atom stereocenters. The van der Waals surface area contributed by atoms with Crippen LogP contribution in [0.15, 0.2) is 47.0 Å². The number of hydrogen-bond donors (Lipinski definition) is 0. The van der Waals surface area contributed by atoms with Crippen molar-refractivity contribution in [2.75, 3.05) is 27.3 Å². The summed E-state index contributed by atoms with van der Waals surface area (Å²) in [5.41, 5.74) is 1.35. The van der Waals surface area contributed by atoms with Crippen LogP contribution in [-0.4, -0.2) is 48.3 Å². The third kappa shape index (κ3) is 4.11. The van der Waals surface area contributed by atoms with Crippen LogP contribution in [0.3, 0.4) is 0 Å². The lowest BCUT2D eigenvalue weighted by atomic mass is 9.97. The van der Waals surface area contributed by atoms with Crippen LogP contribution in [0.4, 0.5) is 0 Å². The summed E-state index contributed by atoms with van der Waals surface area (Å²) in [6, 6.07) is 12.5. The normalized spacial score (nSPS) is 16.4. The Kier molecular flexibility index (Phi) is 5.90. The number of methoxy groups -OCH3 is 2. The van der Waals surface area contributed by atoms with Gasteiger partial charge < -0.3 is 18.9 Å². The van der Waals surface area contributed by atoms with Crippen molar-refractivity contribution in [3.63, 3.8) is 0 Å². The van der Waals surface area contributed by atoms with Gasteiger partial charge in [-0.3, -0.25) is 4.79 Å². The number of halogens is 1. The van der Waals surface area contributed by atoms with E-state index in [1.165, 1.54) is 0 Å². The number of aromatic nitrogens is 2. The summed E-state index contributed by atoms with van der Waals surface area (Å²) in [4.78, 5) is 19.3. The molecular weight excluding hydrogens is 406 g/mol. The predicted octanol–water partition coefficient (Wildman–Crippen LogP) is 4.43. The fourth-order valence-electron chi connectivity index (χ4n) is 3.66. The van der Waals surface area contributed by atoms with Crippen LogP contribution >= 0.6 is 11.6 Å². The van der Waals surface area contributed by atoms with E-state index in [4.69, 9.17) is 25.6 Å². The smallest absolute Gasteiger partial charge is 0.253 e. The lowest BCUT2D eigenvalue weighted by Gasteiger charge is -2.31. The highest BCUT2D eigenvalue weighted by Crippen LogP contribution is 2.33. The molecule has 2 aromatic carbocycles. The zero-order valence-corrected chi connectivity index (χ0v) is 17.6. The van der Waals surface area contributed by atoms with Gasteiger partial charge in [0.25, 0.3) is 5.91 Å². The van der Waals surface area contributed by atoms with Gasteiger partial charge in [0.05, 0.1) is 20.1 Å². The minimum atomic E-state index is -0.0400. The first kappa shape index (κ1) is 20.2. The minimum absolute atomic E-state index is 0.0109. The van der Waals surface area contributed by atoms with Crippen LogP contribution in [0.5, 0.6) is 11.5 Å². The van der Waals surface area contributed by atoms with Crippen molar-refractivity contribution in [1.82, 2.24) is 15.0 Å². The van der Waals surface area contributed by atoms with Crippen molar-refractivity contribution >= 4 is 17.5 Å². The molecule has 0 saturated carbocycles. The predicted molar refractivity (Wildman–Crippen MR) is 112 cm³/mol. The molecule has 156 valence electrons. The third-order valence-corrected chi connectivity index (χ3v) is 5.45. The molecule has 0 aliphatic carbocycles. The molecule has 1 fully saturated rings. The molecule has 30 heavy (non-hydrogen) atoms. The Balaban J connectivity index is 1.51. The van der Waals surface area contributed by atoms with Gasteiger partial charge in [-0.1, -0.05) is 22.8 Å². The Bertz CT molecular complexity index is 1050. The average Bonchev–Trinajstić information content (AvgIpc) is 3.28. The van der Waals surface area contributed by atoms with Crippen LogP contribution in [-0.2, 0) is 0 Å². The SMILES string of the molecule is COc1ccc(-c2noc([C@@H]3CCCN(C(=O)c4cccc(Cl)c4)C3)n2)cc1OC. The van der Waals surface area contributed by atoms with Gasteiger partial charge in [-0.15, -0.1) is 0 Å². The highest BCUT2D eigenvalue weighted by Gasteiger charge is 2.29. The number of amides is 1. The first-order valence-electron chi connectivity index (χ1n) is 9.70. The van der Waals surface area contributed by atoms with Gasteiger partial charge in [-0.25, -0.2) is 0 Å². The first-order chi connectivity index (χ1) is 14.6. The number of rotatable bonds is 5. The van der Waals surface area contributed by atoms with E-state index in [1.54, 1.807) is 44.6 Å². The molecule has 4 rings (SSSR count). The Morgan fingerprint density at radius 1 is 1.17 bits per heavy atom. The van der Waals surface area contributed by atoms with Gasteiger partial charge in [0.15, 0.2) is 11.5 Å². The van der Waals surface area contributed by atoms with Crippen molar-refractivity contribution in [2.45, 2.75) is 18.8 Å². The molecule has 8 heteroatoms. The van der Waals surface area contributed by atoms with E-state index in [-0.39, 0.29) is 11.8 Å².